The fourth-order valence-corrected chi connectivity index (χ4v) is 2.90. The molecule has 0 aliphatic carbocycles. The molecule has 0 unspecified atom stereocenters. The number of alkyl carbamates (subject to hydrolysis) is 1. The predicted molar refractivity (Wildman–Crippen MR) is 90.6 cm³/mol. The molecule has 0 aromatic rings. The van der Waals surface area contributed by atoms with E-state index in [1.54, 1.807) is 0 Å². The van der Waals surface area contributed by atoms with Crippen LogP contribution in [0.5, 0.6) is 0 Å². The van der Waals surface area contributed by atoms with E-state index < -0.39 is 0 Å². The van der Waals surface area contributed by atoms with Gasteiger partial charge in [0.05, 0.1) is 0 Å². The highest BCUT2D eigenvalue weighted by molar-refractivity contribution is 5.67. The lowest BCUT2D eigenvalue weighted by Gasteiger charge is -2.32. The number of nitrogens with one attached hydrogen (secondary N) is 1. The number of hydrogen-bond acceptors (Lipinski definition) is 2. The van der Waals surface area contributed by atoms with Crippen LogP contribution in [-0.2, 0) is 4.74 Å². The van der Waals surface area contributed by atoms with Crippen molar-refractivity contribution >= 4 is 6.09 Å². The first-order chi connectivity index (χ1) is 9.97. The van der Waals surface area contributed by atoms with Crippen molar-refractivity contribution in [2.45, 2.75) is 98.0 Å². The molecule has 0 aliphatic heterocycles. The second-order valence-corrected chi connectivity index (χ2v) is 6.55. The molecular weight excluding hydrogens is 262 g/mol. The molecular formula is C18H37NO2. The van der Waals surface area contributed by atoms with Crippen molar-refractivity contribution in [2.75, 3.05) is 6.54 Å². The fourth-order valence-electron chi connectivity index (χ4n) is 2.90. The van der Waals surface area contributed by atoms with Crippen molar-refractivity contribution in [3.8, 4) is 0 Å². The molecule has 1 amide bonds. The van der Waals surface area contributed by atoms with Crippen LogP contribution in [0, 0.1) is 5.92 Å². The first kappa shape index (κ1) is 20.3. The van der Waals surface area contributed by atoms with E-state index >= 15 is 0 Å². The molecule has 0 atom stereocenters. The lowest BCUT2D eigenvalue weighted by molar-refractivity contribution is -0.00884. The van der Waals surface area contributed by atoms with Crippen molar-refractivity contribution in [3.05, 3.63) is 0 Å². The highest BCUT2D eigenvalue weighted by Gasteiger charge is 2.30. The van der Waals surface area contributed by atoms with Crippen LogP contribution in [0.3, 0.4) is 0 Å². The second-order valence-electron chi connectivity index (χ2n) is 6.55. The van der Waals surface area contributed by atoms with Gasteiger partial charge < -0.3 is 10.1 Å². The molecule has 0 radical (unpaired) electrons. The van der Waals surface area contributed by atoms with E-state index in [-0.39, 0.29) is 11.7 Å². The van der Waals surface area contributed by atoms with E-state index in [2.05, 4.69) is 26.1 Å². The molecule has 0 heterocycles. The van der Waals surface area contributed by atoms with E-state index in [1.807, 2.05) is 13.8 Å². The molecule has 0 aromatic carbocycles. The summed E-state index contributed by atoms with van der Waals surface area (Å²) < 4.78 is 5.59. The Kier molecular flexibility index (Phi) is 11.5. The van der Waals surface area contributed by atoms with E-state index in [4.69, 9.17) is 4.74 Å². The average Bonchev–Trinajstić information content (AvgIpc) is 2.42. The van der Waals surface area contributed by atoms with Gasteiger partial charge in [0, 0.05) is 6.54 Å². The highest BCUT2D eigenvalue weighted by Crippen LogP contribution is 2.27. The lowest BCUT2D eigenvalue weighted by atomic mass is 9.86. The van der Waals surface area contributed by atoms with Crippen LogP contribution in [0.15, 0.2) is 0 Å². The summed E-state index contributed by atoms with van der Waals surface area (Å²) in [4.78, 5) is 11.8. The SMILES string of the molecule is CCCCCCCCCNC(=O)OC(C)(C)C(CC)CC. The van der Waals surface area contributed by atoms with Crippen LogP contribution in [0.4, 0.5) is 4.79 Å². The summed E-state index contributed by atoms with van der Waals surface area (Å²) in [5, 5.41) is 2.88. The molecule has 1 N–H and O–H groups in total. The smallest absolute Gasteiger partial charge is 0.407 e. The third-order valence-corrected chi connectivity index (χ3v) is 4.37. The van der Waals surface area contributed by atoms with Crippen molar-refractivity contribution in [2.24, 2.45) is 5.92 Å². The minimum Gasteiger partial charge on any atom is -0.443 e. The topological polar surface area (TPSA) is 38.3 Å². The number of unbranched alkanes of at least 4 members (excludes halogenated alkanes) is 6. The maximum absolute atomic E-state index is 11.8. The maximum atomic E-state index is 11.8. The summed E-state index contributed by atoms with van der Waals surface area (Å²) >= 11 is 0. The number of rotatable bonds is 12. The zero-order valence-corrected chi connectivity index (χ0v) is 15.0. The van der Waals surface area contributed by atoms with Crippen LogP contribution in [0.2, 0.25) is 0 Å². The molecule has 3 nitrogen and oxygen atoms in total. The van der Waals surface area contributed by atoms with E-state index in [9.17, 15) is 4.79 Å². The maximum Gasteiger partial charge on any atom is 0.407 e. The predicted octanol–water partition coefficient (Wildman–Crippen LogP) is 5.68. The van der Waals surface area contributed by atoms with Crippen molar-refractivity contribution in [1.29, 1.82) is 0 Å². The Hall–Kier alpha value is -0.730. The summed E-state index contributed by atoms with van der Waals surface area (Å²) in [6, 6.07) is 0. The van der Waals surface area contributed by atoms with Gasteiger partial charge >= 0.3 is 6.09 Å². The van der Waals surface area contributed by atoms with Gasteiger partial charge in [0.25, 0.3) is 0 Å². The Labute approximate surface area is 132 Å². The van der Waals surface area contributed by atoms with E-state index in [1.165, 1.54) is 38.5 Å². The van der Waals surface area contributed by atoms with Crippen LogP contribution in [0.25, 0.3) is 0 Å². The Morgan fingerprint density at radius 1 is 0.952 bits per heavy atom. The van der Waals surface area contributed by atoms with Crippen molar-refractivity contribution in [3.63, 3.8) is 0 Å². The largest absolute Gasteiger partial charge is 0.443 e. The summed E-state index contributed by atoms with van der Waals surface area (Å²) in [5.41, 5.74) is -0.381. The van der Waals surface area contributed by atoms with Gasteiger partial charge in [0.15, 0.2) is 0 Å². The lowest BCUT2D eigenvalue weighted by Crippen LogP contribution is -2.40. The minimum atomic E-state index is -0.381. The van der Waals surface area contributed by atoms with Gasteiger partial charge in [-0.15, -0.1) is 0 Å². The van der Waals surface area contributed by atoms with Gasteiger partial charge in [0.2, 0.25) is 0 Å². The Bertz CT molecular complexity index is 260. The number of carbonyl (C=O) groups excluding carboxylic acids is 1. The van der Waals surface area contributed by atoms with E-state index in [0.717, 1.165) is 25.8 Å². The molecule has 0 rings (SSSR count). The van der Waals surface area contributed by atoms with Crippen LogP contribution in [0.1, 0.15) is 92.4 Å². The molecule has 0 saturated carbocycles. The Morgan fingerprint density at radius 2 is 1.48 bits per heavy atom. The van der Waals surface area contributed by atoms with Gasteiger partial charge in [-0.25, -0.2) is 4.79 Å². The standard InChI is InChI=1S/C18H37NO2/c1-6-9-10-11-12-13-14-15-19-17(20)21-18(4,5)16(7-2)8-3/h16H,6-15H2,1-5H3,(H,19,20). The first-order valence-electron chi connectivity index (χ1n) is 8.94. The van der Waals surface area contributed by atoms with Gasteiger partial charge in [0.1, 0.15) is 5.60 Å². The minimum absolute atomic E-state index is 0.266. The molecule has 126 valence electrons. The molecule has 0 fully saturated rings. The van der Waals surface area contributed by atoms with Crippen LogP contribution >= 0.6 is 0 Å². The molecule has 3 heteroatoms. The van der Waals surface area contributed by atoms with Crippen LogP contribution in [-0.4, -0.2) is 18.2 Å². The Morgan fingerprint density at radius 3 is 2.00 bits per heavy atom. The summed E-state index contributed by atoms with van der Waals surface area (Å²) in [6.07, 6.45) is 10.6. The molecule has 0 spiro atoms. The third kappa shape index (κ3) is 9.76. The van der Waals surface area contributed by atoms with Crippen molar-refractivity contribution < 1.29 is 9.53 Å². The molecule has 0 aromatic heterocycles. The molecule has 0 bridgehead atoms. The normalized spacial score (nSPS) is 11.7. The van der Waals surface area contributed by atoms with Gasteiger partial charge in [-0.1, -0.05) is 59.3 Å². The van der Waals surface area contributed by atoms with Crippen molar-refractivity contribution in [1.82, 2.24) is 5.32 Å². The van der Waals surface area contributed by atoms with Crippen LogP contribution < -0.4 is 5.32 Å². The Balaban J connectivity index is 3.71. The summed E-state index contributed by atoms with van der Waals surface area (Å²) in [6.45, 7) is 11.3. The van der Waals surface area contributed by atoms with Gasteiger partial charge in [-0.3, -0.25) is 0 Å². The monoisotopic (exact) mass is 299 g/mol. The number of hydrogen-bond donors (Lipinski definition) is 1. The summed E-state index contributed by atoms with van der Waals surface area (Å²) in [5.74, 6) is 0.418. The van der Waals surface area contributed by atoms with E-state index in [0.29, 0.717) is 5.92 Å². The molecule has 21 heavy (non-hydrogen) atoms. The zero-order chi connectivity index (χ0) is 16.1. The molecule has 0 aliphatic rings. The first-order valence-corrected chi connectivity index (χ1v) is 8.94. The number of carbonyl (C=O) groups is 1. The quantitative estimate of drug-likeness (QED) is 0.471. The number of amides is 1. The number of ether oxygens (including phenoxy) is 1. The highest BCUT2D eigenvalue weighted by atomic mass is 16.6. The fraction of sp³-hybridized carbons (Fsp3) is 0.944. The average molecular weight is 299 g/mol. The second kappa shape index (κ2) is 11.9. The zero-order valence-electron chi connectivity index (χ0n) is 15.0. The third-order valence-electron chi connectivity index (χ3n) is 4.37. The summed E-state index contributed by atoms with van der Waals surface area (Å²) in [7, 11) is 0. The van der Waals surface area contributed by atoms with Gasteiger partial charge in [-0.2, -0.15) is 0 Å². The van der Waals surface area contributed by atoms with Gasteiger partial charge in [-0.05, 0) is 39.0 Å². The molecule has 0 saturated heterocycles.